The van der Waals surface area contributed by atoms with E-state index in [4.69, 9.17) is 16.0 Å². The van der Waals surface area contributed by atoms with Crippen molar-refractivity contribution in [2.24, 2.45) is 5.92 Å². The van der Waals surface area contributed by atoms with Gasteiger partial charge >= 0.3 is 0 Å². The van der Waals surface area contributed by atoms with Crippen LogP contribution in [0.2, 0.25) is 0 Å². The monoisotopic (exact) mass is 291 g/mol. The van der Waals surface area contributed by atoms with E-state index in [9.17, 15) is 0 Å². The lowest BCUT2D eigenvalue weighted by atomic mass is 10.0. The average Bonchev–Trinajstić information content (AvgIpc) is 2.76. The smallest absolute Gasteiger partial charge is 0.169 e. The molecular formula is C11H15BrClNO. The molecule has 1 aliphatic rings. The summed E-state index contributed by atoms with van der Waals surface area (Å²) in [7, 11) is 0. The Morgan fingerprint density at radius 1 is 1.67 bits per heavy atom. The summed E-state index contributed by atoms with van der Waals surface area (Å²) < 4.78 is 6.03. The van der Waals surface area contributed by atoms with Crippen LogP contribution >= 0.6 is 27.5 Å². The summed E-state index contributed by atoms with van der Waals surface area (Å²) in [5, 5.41) is 0. The SMILES string of the molecule is CC1C(CCl)CCN1Cc1coc(Br)c1. The van der Waals surface area contributed by atoms with Gasteiger partial charge in [0, 0.05) is 24.0 Å². The van der Waals surface area contributed by atoms with Gasteiger partial charge in [-0.2, -0.15) is 0 Å². The molecule has 1 fully saturated rings. The molecule has 1 saturated heterocycles. The molecule has 2 nitrogen and oxygen atoms in total. The van der Waals surface area contributed by atoms with E-state index in [0.717, 1.165) is 23.6 Å². The molecule has 15 heavy (non-hydrogen) atoms. The molecule has 0 amide bonds. The first-order valence-electron chi connectivity index (χ1n) is 5.23. The minimum absolute atomic E-state index is 0.580. The highest BCUT2D eigenvalue weighted by Gasteiger charge is 2.29. The minimum Gasteiger partial charge on any atom is -0.457 e. The molecule has 2 heterocycles. The van der Waals surface area contributed by atoms with Gasteiger partial charge in [0.05, 0.1) is 6.26 Å². The van der Waals surface area contributed by atoms with Crippen LogP contribution in [0.5, 0.6) is 0 Å². The molecule has 0 bridgehead atoms. The molecule has 0 spiro atoms. The highest BCUT2D eigenvalue weighted by Crippen LogP contribution is 2.27. The summed E-state index contributed by atoms with van der Waals surface area (Å²) in [6.45, 7) is 4.36. The predicted octanol–water partition coefficient (Wildman–Crippen LogP) is 3.49. The van der Waals surface area contributed by atoms with E-state index in [1.165, 1.54) is 12.0 Å². The average molecular weight is 293 g/mol. The normalized spacial score (nSPS) is 27.4. The van der Waals surface area contributed by atoms with Crippen LogP contribution in [0.1, 0.15) is 18.9 Å². The molecule has 4 heteroatoms. The van der Waals surface area contributed by atoms with Gasteiger partial charge in [-0.1, -0.05) is 0 Å². The molecule has 1 aliphatic heterocycles. The number of nitrogens with zero attached hydrogens (tertiary/aromatic N) is 1. The zero-order valence-electron chi connectivity index (χ0n) is 8.75. The highest BCUT2D eigenvalue weighted by atomic mass is 79.9. The maximum Gasteiger partial charge on any atom is 0.169 e. The summed E-state index contributed by atoms with van der Waals surface area (Å²) in [5.74, 6) is 1.41. The Hall–Kier alpha value is 0.01000. The zero-order valence-corrected chi connectivity index (χ0v) is 11.1. The van der Waals surface area contributed by atoms with Crippen molar-refractivity contribution < 1.29 is 4.42 Å². The van der Waals surface area contributed by atoms with Crippen molar-refractivity contribution in [3.05, 3.63) is 22.6 Å². The highest BCUT2D eigenvalue weighted by molar-refractivity contribution is 9.10. The second-order valence-electron chi connectivity index (χ2n) is 4.17. The maximum absolute atomic E-state index is 5.92. The van der Waals surface area contributed by atoms with Gasteiger partial charge < -0.3 is 4.42 Å². The number of hydrogen-bond donors (Lipinski definition) is 0. The molecule has 2 rings (SSSR count). The molecule has 84 valence electrons. The fourth-order valence-electron chi connectivity index (χ4n) is 2.17. The Morgan fingerprint density at radius 2 is 2.47 bits per heavy atom. The van der Waals surface area contributed by atoms with Crippen molar-refractivity contribution in [3.63, 3.8) is 0 Å². The van der Waals surface area contributed by atoms with Crippen LogP contribution in [0.4, 0.5) is 0 Å². The Bertz CT molecular complexity index is 328. The number of alkyl halides is 1. The van der Waals surface area contributed by atoms with Crippen molar-refractivity contribution in [1.29, 1.82) is 0 Å². The molecular weight excluding hydrogens is 277 g/mol. The summed E-state index contributed by atoms with van der Waals surface area (Å²) >= 11 is 9.24. The summed E-state index contributed by atoms with van der Waals surface area (Å²) in [4.78, 5) is 2.46. The number of halogens is 2. The fraction of sp³-hybridized carbons (Fsp3) is 0.636. The van der Waals surface area contributed by atoms with Crippen LogP contribution in [0.15, 0.2) is 21.4 Å². The van der Waals surface area contributed by atoms with Crippen molar-refractivity contribution in [2.75, 3.05) is 12.4 Å². The third kappa shape index (κ3) is 2.58. The van der Waals surface area contributed by atoms with E-state index in [0.29, 0.717) is 12.0 Å². The standard InChI is InChI=1S/C11H15BrClNO/c1-8-10(5-13)2-3-14(8)6-9-4-11(12)15-7-9/h4,7-8,10H,2-3,5-6H2,1H3. The summed E-state index contributed by atoms with van der Waals surface area (Å²) in [6, 6.07) is 2.61. The third-order valence-corrected chi connectivity index (χ3v) is 4.06. The first kappa shape index (κ1) is 11.5. The van der Waals surface area contributed by atoms with Crippen LogP contribution in [0.25, 0.3) is 0 Å². The van der Waals surface area contributed by atoms with E-state index in [1.54, 1.807) is 0 Å². The molecule has 0 aromatic carbocycles. The Morgan fingerprint density at radius 3 is 3.00 bits per heavy atom. The quantitative estimate of drug-likeness (QED) is 0.793. The molecule has 0 aliphatic carbocycles. The zero-order chi connectivity index (χ0) is 10.8. The van der Waals surface area contributed by atoms with E-state index >= 15 is 0 Å². The largest absolute Gasteiger partial charge is 0.457 e. The lowest BCUT2D eigenvalue weighted by molar-refractivity contribution is 0.239. The number of rotatable bonds is 3. The molecule has 1 aromatic rings. The van der Waals surface area contributed by atoms with Crippen LogP contribution < -0.4 is 0 Å². The van der Waals surface area contributed by atoms with Crippen LogP contribution in [-0.4, -0.2) is 23.4 Å². The fourth-order valence-corrected chi connectivity index (χ4v) is 2.97. The van der Waals surface area contributed by atoms with Gasteiger partial charge in [-0.25, -0.2) is 0 Å². The Labute approximate surface area is 104 Å². The van der Waals surface area contributed by atoms with Gasteiger partial charge in [-0.3, -0.25) is 4.90 Å². The number of furan rings is 1. The van der Waals surface area contributed by atoms with Crippen molar-refractivity contribution in [3.8, 4) is 0 Å². The maximum atomic E-state index is 5.92. The third-order valence-electron chi connectivity index (χ3n) is 3.25. The molecule has 1 aromatic heterocycles. The first-order valence-corrected chi connectivity index (χ1v) is 6.56. The second kappa shape index (κ2) is 4.89. The van der Waals surface area contributed by atoms with E-state index in [1.807, 2.05) is 12.3 Å². The molecule has 0 saturated carbocycles. The topological polar surface area (TPSA) is 16.4 Å². The molecule has 0 N–H and O–H groups in total. The van der Waals surface area contributed by atoms with Crippen LogP contribution in [0.3, 0.4) is 0 Å². The second-order valence-corrected chi connectivity index (χ2v) is 5.26. The summed E-state index contributed by atoms with van der Waals surface area (Å²) in [5.41, 5.74) is 1.23. The van der Waals surface area contributed by atoms with Crippen molar-refractivity contribution in [2.45, 2.75) is 25.9 Å². The van der Waals surface area contributed by atoms with Gasteiger partial charge in [0.25, 0.3) is 0 Å². The lowest BCUT2D eigenvalue weighted by Gasteiger charge is -2.22. The van der Waals surface area contributed by atoms with Gasteiger partial charge in [0.2, 0.25) is 0 Å². The molecule has 0 radical (unpaired) electrons. The predicted molar refractivity (Wildman–Crippen MR) is 65.1 cm³/mol. The van der Waals surface area contributed by atoms with Gasteiger partial charge in [0.1, 0.15) is 0 Å². The van der Waals surface area contributed by atoms with Crippen LogP contribution in [0, 0.1) is 5.92 Å². The number of hydrogen-bond acceptors (Lipinski definition) is 2. The number of likely N-dealkylation sites (tertiary alicyclic amines) is 1. The van der Waals surface area contributed by atoms with E-state index < -0.39 is 0 Å². The van der Waals surface area contributed by atoms with Crippen molar-refractivity contribution in [1.82, 2.24) is 4.90 Å². The lowest BCUT2D eigenvalue weighted by Crippen LogP contribution is -2.29. The van der Waals surface area contributed by atoms with Gasteiger partial charge in [0.15, 0.2) is 4.67 Å². The van der Waals surface area contributed by atoms with E-state index in [-0.39, 0.29) is 0 Å². The molecule has 2 atom stereocenters. The summed E-state index contributed by atoms with van der Waals surface area (Å²) in [6.07, 6.45) is 3.02. The first-order chi connectivity index (χ1) is 7.20. The Kier molecular flexibility index (Phi) is 3.75. The molecule has 2 unspecified atom stereocenters. The minimum atomic E-state index is 0.580. The van der Waals surface area contributed by atoms with Crippen LogP contribution in [-0.2, 0) is 6.54 Å². The van der Waals surface area contributed by atoms with E-state index in [2.05, 4.69) is 27.8 Å². The van der Waals surface area contributed by atoms with Crippen molar-refractivity contribution >= 4 is 27.5 Å². The van der Waals surface area contributed by atoms with Gasteiger partial charge in [-0.15, -0.1) is 11.6 Å². The van der Waals surface area contributed by atoms with Gasteiger partial charge in [-0.05, 0) is 47.8 Å². The Balaban J connectivity index is 1.96.